The van der Waals surface area contributed by atoms with Gasteiger partial charge in [0.25, 0.3) is 0 Å². The Kier molecular flexibility index (Phi) is 3.86. The van der Waals surface area contributed by atoms with Crippen LogP contribution in [0.15, 0.2) is 18.2 Å². The first-order valence-corrected chi connectivity index (χ1v) is 5.06. The topological polar surface area (TPSA) is 52.3 Å². The Balaban J connectivity index is 2.96. The molecule has 0 heterocycles. The molecule has 0 saturated heterocycles. The number of carbonyl (C=O) groups excluding carboxylic acids is 1. The van der Waals surface area contributed by atoms with Crippen LogP contribution in [0, 0.1) is 13.8 Å². The van der Waals surface area contributed by atoms with Crippen molar-refractivity contribution >= 4 is 5.97 Å². The fraction of sp³-hybridized carbons (Fsp3) is 0.417. The van der Waals surface area contributed by atoms with Gasteiger partial charge in [-0.3, -0.25) is 0 Å². The highest BCUT2D eigenvalue weighted by Gasteiger charge is 2.18. The first-order chi connectivity index (χ1) is 7.07. The Morgan fingerprint density at radius 1 is 1.47 bits per heavy atom. The maximum absolute atomic E-state index is 11.5. The molecule has 1 rings (SSSR count). The summed E-state index contributed by atoms with van der Waals surface area (Å²) in [7, 11) is 0. The highest BCUT2D eigenvalue weighted by atomic mass is 16.5. The molecule has 2 N–H and O–H groups in total. The van der Waals surface area contributed by atoms with Crippen molar-refractivity contribution in [3.8, 4) is 0 Å². The van der Waals surface area contributed by atoms with E-state index in [1.54, 1.807) is 6.92 Å². The highest BCUT2D eigenvalue weighted by Crippen LogP contribution is 2.19. The molecule has 15 heavy (non-hydrogen) atoms. The molecule has 0 unspecified atom stereocenters. The normalized spacial score (nSPS) is 12.3. The van der Waals surface area contributed by atoms with Crippen LogP contribution >= 0.6 is 0 Å². The number of nitrogens with two attached hydrogens (primary N) is 1. The molecule has 0 radical (unpaired) electrons. The minimum absolute atomic E-state index is 0.359. The van der Waals surface area contributed by atoms with Crippen molar-refractivity contribution in [1.82, 2.24) is 0 Å². The van der Waals surface area contributed by atoms with Gasteiger partial charge in [0.2, 0.25) is 0 Å². The van der Waals surface area contributed by atoms with E-state index in [1.165, 1.54) is 0 Å². The smallest absolute Gasteiger partial charge is 0.327 e. The van der Waals surface area contributed by atoms with Gasteiger partial charge in [-0.25, -0.2) is 4.79 Å². The van der Waals surface area contributed by atoms with Crippen LogP contribution in [0.25, 0.3) is 0 Å². The van der Waals surface area contributed by atoms with Crippen molar-refractivity contribution in [2.75, 3.05) is 6.61 Å². The number of ether oxygens (including phenoxy) is 1. The van der Waals surface area contributed by atoms with Gasteiger partial charge in [0.1, 0.15) is 6.04 Å². The number of rotatable bonds is 3. The molecule has 0 saturated carbocycles. The monoisotopic (exact) mass is 207 g/mol. The number of aryl methyl sites for hydroxylation is 1. The van der Waals surface area contributed by atoms with Gasteiger partial charge in [-0.15, -0.1) is 0 Å². The first kappa shape index (κ1) is 11.7. The lowest BCUT2D eigenvalue weighted by Gasteiger charge is -2.14. The largest absolute Gasteiger partial charge is 0.465 e. The van der Waals surface area contributed by atoms with E-state index in [0.29, 0.717) is 6.61 Å². The number of hydrogen-bond acceptors (Lipinski definition) is 3. The summed E-state index contributed by atoms with van der Waals surface area (Å²) >= 11 is 0. The molecule has 0 amide bonds. The molecule has 1 atom stereocenters. The summed E-state index contributed by atoms with van der Waals surface area (Å²) in [6.45, 7) is 6.09. The Morgan fingerprint density at radius 2 is 2.13 bits per heavy atom. The molecule has 0 spiro atoms. The molecule has 0 aromatic heterocycles. The van der Waals surface area contributed by atoms with Crippen molar-refractivity contribution in [1.29, 1.82) is 0 Å². The summed E-state index contributed by atoms with van der Waals surface area (Å²) in [5.74, 6) is -0.369. The number of benzene rings is 1. The standard InChI is InChI=1S/C12H17NO2/c1-4-15-12(14)11(13)10-7-5-6-8(2)9(10)3/h5-7,11H,4,13H2,1-3H3/t11-/m0/s1. The van der Waals surface area contributed by atoms with Crippen LogP contribution < -0.4 is 5.73 Å². The van der Waals surface area contributed by atoms with Gasteiger partial charge in [-0.2, -0.15) is 0 Å². The third-order valence-corrected chi connectivity index (χ3v) is 2.52. The zero-order valence-corrected chi connectivity index (χ0v) is 9.41. The molecule has 1 aromatic carbocycles. The lowest BCUT2D eigenvalue weighted by molar-refractivity contribution is -0.144. The SMILES string of the molecule is CCOC(=O)[C@@H](N)c1cccc(C)c1C. The van der Waals surface area contributed by atoms with Crippen LogP contribution in [-0.4, -0.2) is 12.6 Å². The van der Waals surface area contributed by atoms with Gasteiger partial charge >= 0.3 is 5.97 Å². The van der Waals surface area contributed by atoms with Crippen LogP contribution in [0.1, 0.15) is 29.7 Å². The van der Waals surface area contributed by atoms with Crippen molar-refractivity contribution in [3.05, 3.63) is 34.9 Å². The lowest BCUT2D eigenvalue weighted by atomic mass is 9.98. The molecule has 0 bridgehead atoms. The summed E-state index contributed by atoms with van der Waals surface area (Å²) in [6, 6.07) is 5.09. The van der Waals surface area contributed by atoms with Crippen LogP contribution in [0.4, 0.5) is 0 Å². The molecule has 0 aliphatic carbocycles. The van der Waals surface area contributed by atoms with Gasteiger partial charge in [-0.1, -0.05) is 18.2 Å². The Hall–Kier alpha value is -1.35. The molecular weight excluding hydrogens is 190 g/mol. The van der Waals surface area contributed by atoms with Crippen LogP contribution in [-0.2, 0) is 9.53 Å². The van der Waals surface area contributed by atoms with E-state index in [0.717, 1.165) is 16.7 Å². The summed E-state index contributed by atoms with van der Waals surface area (Å²) in [5.41, 5.74) is 8.85. The predicted octanol–water partition coefficient (Wildman–Crippen LogP) is 1.87. The summed E-state index contributed by atoms with van der Waals surface area (Å²) in [4.78, 5) is 11.5. The molecule has 82 valence electrons. The highest BCUT2D eigenvalue weighted by molar-refractivity contribution is 5.78. The molecule has 3 heteroatoms. The lowest BCUT2D eigenvalue weighted by Crippen LogP contribution is -2.24. The van der Waals surface area contributed by atoms with E-state index in [-0.39, 0.29) is 5.97 Å². The van der Waals surface area contributed by atoms with Gasteiger partial charge in [0, 0.05) is 0 Å². The second-order valence-electron chi connectivity index (χ2n) is 3.52. The van der Waals surface area contributed by atoms with E-state index < -0.39 is 6.04 Å². The van der Waals surface area contributed by atoms with E-state index in [1.807, 2.05) is 32.0 Å². The number of esters is 1. The molecule has 0 fully saturated rings. The quantitative estimate of drug-likeness (QED) is 0.770. The fourth-order valence-electron chi connectivity index (χ4n) is 1.47. The Labute approximate surface area is 90.2 Å². The molecule has 0 aliphatic heterocycles. The predicted molar refractivity (Wildman–Crippen MR) is 59.5 cm³/mol. The van der Waals surface area contributed by atoms with Crippen LogP contribution in [0.5, 0.6) is 0 Å². The second-order valence-corrected chi connectivity index (χ2v) is 3.52. The minimum Gasteiger partial charge on any atom is -0.465 e. The van der Waals surface area contributed by atoms with Crippen molar-refractivity contribution in [2.24, 2.45) is 5.73 Å². The van der Waals surface area contributed by atoms with E-state index in [4.69, 9.17) is 10.5 Å². The van der Waals surface area contributed by atoms with Crippen LogP contribution in [0.2, 0.25) is 0 Å². The van der Waals surface area contributed by atoms with E-state index >= 15 is 0 Å². The third-order valence-electron chi connectivity index (χ3n) is 2.52. The van der Waals surface area contributed by atoms with Gasteiger partial charge in [0.05, 0.1) is 6.61 Å². The average molecular weight is 207 g/mol. The van der Waals surface area contributed by atoms with Gasteiger partial charge < -0.3 is 10.5 Å². The molecular formula is C12H17NO2. The zero-order valence-electron chi connectivity index (χ0n) is 9.41. The maximum atomic E-state index is 11.5. The third kappa shape index (κ3) is 2.57. The Bertz CT molecular complexity index is 361. The molecule has 0 aliphatic rings. The second kappa shape index (κ2) is 4.94. The Morgan fingerprint density at radius 3 is 2.73 bits per heavy atom. The van der Waals surface area contributed by atoms with Crippen molar-refractivity contribution in [3.63, 3.8) is 0 Å². The zero-order chi connectivity index (χ0) is 11.4. The van der Waals surface area contributed by atoms with Gasteiger partial charge in [-0.05, 0) is 37.5 Å². The van der Waals surface area contributed by atoms with E-state index in [2.05, 4.69) is 0 Å². The van der Waals surface area contributed by atoms with E-state index in [9.17, 15) is 4.79 Å². The molecule has 1 aromatic rings. The van der Waals surface area contributed by atoms with Gasteiger partial charge in [0.15, 0.2) is 0 Å². The molecule has 3 nitrogen and oxygen atoms in total. The average Bonchev–Trinajstić information content (AvgIpc) is 2.21. The number of hydrogen-bond donors (Lipinski definition) is 1. The minimum atomic E-state index is -0.676. The fourth-order valence-corrected chi connectivity index (χ4v) is 1.47. The maximum Gasteiger partial charge on any atom is 0.327 e. The summed E-state index contributed by atoms with van der Waals surface area (Å²) < 4.78 is 4.89. The van der Waals surface area contributed by atoms with Crippen molar-refractivity contribution in [2.45, 2.75) is 26.8 Å². The van der Waals surface area contributed by atoms with Crippen molar-refractivity contribution < 1.29 is 9.53 Å². The summed E-state index contributed by atoms with van der Waals surface area (Å²) in [5, 5.41) is 0. The first-order valence-electron chi connectivity index (χ1n) is 5.06. The summed E-state index contributed by atoms with van der Waals surface area (Å²) in [6.07, 6.45) is 0. The van der Waals surface area contributed by atoms with Crippen LogP contribution in [0.3, 0.4) is 0 Å². The number of carbonyl (C=O) groups is 1.